The molecule has 2 rings (SSSR count). The van der Waals surface area contributed by atoms with Crippen LogP contribution in [0.15, 0.2) is 0 Å². The predicted molar refractivity (Wildman–Crippen MR) is 60.7 cm³/mol. The molecule has 0 amide bonds. The Labute approximate surface area is 93.0 Å². The second-order valence-corrected chi connectivity index (χ2v) is 6.10. The molecule has 1 saturated heterocycles. The number of hydrogen-bond donors (Lipinski definition) is 1. The molecule has 0 bridgehead atoms. The summed E-state index contributed by atoms with van der Waals surface area (Å²) < 4.78 is 5.24. The van der Waals surface area contributed by atoms with Gasteiger partial charge in [-0.1, -0.05) is 27.2 Å². The van der Waals surface area contributed by atoms with Crippen molar-refractivity contribution < 1.29 is 9.84 Å². The van der Waals surface area contributed by atoms with E-state index >= 15 is 0 Å². The fraction of sp³-hybridized carbons (Fsp3) is 1.00. The van der Waals surface area contributed by atoms with Crippen LogP contribution in [-0.2, 0) is 4.74 Å². The molecule has 88 valence electrons. The lowest BCUT2D eigenvalue weighted by atomic mass is 9.59. The third-order valence-electron chi connectivity index (χ3n) is 4.68. The lowest BCUT2D eigenvalue weighted by Gasteiger charge is -2.51. The first kappa shape index (κ1) is 11.4. The van der Waals surface area contributed by atoms with Gasteiger partial charge in [0.1, 0.15) is 0 Å². The van der Waals surface area contributed by atoms with E-state index in [2.05, 4.69) is 20.8 Å². The first-order valence-electron chi connectivity index (χ1n) is 6.30. The van der Waals surface area contributed by atoms with Crippen LogP contribution in [0.1, 0.15) is 52.9 Å². The monoisotopic (exact) mass is 212 g/mol. The fourth-order valence-electron chi connectivity index (χ4n) is 3.17. The lowest BCUT2D eigenvalue weighted by molar-refractivity contribution is -0.139. The zero-order chi connectivity index (χ0) is 11.1. The number of epoxide rings is 1. The number of hydrogen-bond acceptors (Lipinski definition) is 2. The van der Waals surface area contributed by atoms with E-state index in [1.807, 2.05) is 0 Å². The van der Waals surface area contributed by atoms with Gasteiger partial charge >= 0.3 is 0 Å². The normalized spacial score (nSPS) is 44.0. The molecular weight excluding hydrogens is 188 g/mol. The van der Waals surface area contributed by atoms with Crippen molar-refractivity contribution in [2.45, 2.75) is 64.6 Å². The Kier molecular flexibility index (Phi) is 2.85. The van der Waals surface area contributed by atoms with Crippen molar-refractivity contribution in [3.8, 4) is 0 Å². The fourth-order valence-corrected chi connectivity index (χ4v) is 3.17. The Morgan fingerprint density at radius 1 is 1.40 bits per heavy atom. The van der Waals surface area contributed by atoms with E-state index in [9.17, 15) is 5.11 Å². The Morgan fingerprint density at radius 3 is 2.60 bits per heavy atom. The molecule has 1 aliphatic heterocycles. The summed E-state index contributed by atoms with van der Waals surface area (Å²) in [6.07, 6.45) is 5.97. The van der Waals surface area contributed by atoms with Gasteiger partial charge in [0, 0.05) is 0 Å². The molecule has 3 unspecified atom stereocenters. The summed E-state index contributed by atoms with van der Waals surface area (Å²) in [6.45, 7) is 7.55. The van der Waals surface area contributed by atoms with Gasteiger partial charge < -0.3 is 9.84 Å². The minimum absolute atomic E-state index is 0.0690. The Morgan fingerprint density at radius 2 is 2.07 bits per heavy atom. The van der Waals surface area contributed by atoms with E-state index < -0.39 is 5.60 Å². The smallest absolute Gasteiger partial charge is 0.0811 e. The van der Waals surface area contributed by atoms with E-state index in [1.165, 1.54) is 12.8 Å². The number of rotatable bonds is 3. The first-order chi connectivity index (χ1) is 6.96. The highest BCUT2D eigenvalue weighted by Gasteiger charge is 2.49. The molecule has 1 saturated carbocycles. The molecule has 0 aromatic rings. The van der Waals surface area contributed by atoms with Crippen molar-refractivity contribution in [1.82, 2.24) is 0 Å². The molecule has 0 spiro atoms. The molecule has 0 radical (unpaired) electrons. The molecule has 0 aromatic heterocycles. The second-order valence-electron chi connectivity index (χ2n) is 6.10. The highest BCUT2D eigenvalue weighted by atomic mass is 16.6. The molecule has 2 aliphatic rings. The van der Waals surface area contributed by atoms with Gasteiger partial charge in [-0.15, -0.1) is 0 Å². The van der Waals surface area contributed by atoms with Crippen LogP contribution >= 0.6 is 0 Å². The van der Waals surface area contributed by atoms with Gasteiger partial charge in [0.2, 0.25) is 0 Å². The summed E-state index contributed by atoms with van der Waals surface area (Å²) in [5.41, 5.74) is -0.406. The summed E-state index contributed by atoms with van der Waals surface area (Å²) in [4.78, 5) is 0. The maximum Gasteiger partial charge on any atom is 0.0811 e. The van der Waals surface area contributed by atoms with Gasteiger partial charge in [-0.2, -0.15) is 0 Å². The average molecular weight is 212 g/mol. The quantitative estimate of drug-likeness (QED) is 0.730. The summed E-state index contributed by atoms with van der Waals surface area (Å²) in [5, 5.41) is 10.9. The Bertz CT molecular complexity index is 233. The largest absolute Gasteiger partial charge is 0.389 e. The summed E-state index contributed by atoms with van der Waals surface area (Å²) >= 11 is 0. The van der Waals surface area contributed by atoms with Crippen molar-refractivity contribution in [1.29, 1.82) is 0 Å². The summed E-state index contributed by atoms with van der Waals surface area (Å²) in [7, 11) is 0. The topological polar surface area (TPSA) is 32.8 Å². The number of ether oxygens (including phenoxy) is 1. The van der Waals surface area contributed by atoms with E-state index in [0.29, 0.717) is 12.0 Å². The van der Waals surface area contributed by atoms with Gasteiger partial charge in [-0.25, -0.2) is 0 Å². The van der Waals surface area contributed by atoms with Crippen molar-refractivity contribution in [2.75, 3.05) is 6.61 Å². The zero-order valence-electron chi connectivity index (χ0n) is 10.3. The predicted octanol–water partition coefficient (Wildman–Crippen LogP) is 2.74. The van der Waals surface area contributed by atoms with Gasteiger partial charge in [0.05, 0.1) is 18.3 Å². The van der Waals surface area contributed by atoms with Gasteiger partial charge in [0.15, 0.2) is 0 Å². The molecule has 15 heavy (non-hydrogen) atoms. The van der Waals surface area contributed by atoms with Crippen LogP contribution < -0.4 is 0 Å². The second kappa shape index (κ2) is 3.74. The Hall–Kier alpha value is -0.0800. The minimum Gasteiger partial charge on any atom is -0.389 e. The molecule has 2 nitrogen and oxygen atoms in total. The highest BCUT2D eigenvalue weighted by Crippen LogP contribution is 2.49. The maximum atomic E-state index is 10.9. The summed E-state index contributed by atoms with van der Waals surface area (Å²) in [6, 6.07) is 0. The van der Waals surface area contributed by atoms with E-state index in [0.717, 1.165) is 25.9 Å². The molecule has 3 atom stereocenters. The van der Waals surface area contributed by atoms with Crippen LogP contribution in [0.5, 0.6) is 0 Å². The van der Waals surface area contributed by atoms with Crippen molar-refractivity contribution in [3.05, 3.63) is 0 Å². The van der Waals surface area contributed by atoms with Gasteiger partial charge in [0.25, 0.3) is 0 Å². The lowest BCUT2D eigenvalue weighted by Crippen LogP contribution is -2.52. The van der Waals surface area contributed by atoms with Crippen LogP contribution in [0.25, 0.3) is 0 Å². The van der Waals surface area contributed by atoms with Gasteiger partial charge in [-0.05, 0) is 37.0 Å². The zero-order valence-corrected chi connectivity index (χ0v) is 10.3. The van der Waals surface area contributed by atoms with Crippen LogP contribution in [0, 0.1) is 11.3 Å². The van der Waals surface area contributed by atoms with Crippen molar-refractivity contribution >= 4 is 0 Å². The third-order valence-corrected chi connectivity index (χ3v) is 4.68. The highest BCUT2D eigenvalue weighted by molar-refractivity contribution is 5.00. The molecular formula is C13H24O2. The SMILES string of the molecule is CC1CCCC(C)(C)C1(O)CCC1CO1. The van der Waals surface area contributed by atoms with Crippen LogP contribution in [0.4, 0.5) is 0 Å². The molecule has 2 fully saturated rings. The standard InChI is InChI=1S/C13H24O2/c1-10-5-4-7-12(2,3)13(10,14)8-6-11-9-15-11/h10-11,14H,4-9H2,1-3H3. The van der Waals surface area contributed by atoms with E-state index in [1.54, 1.807) is 0 Å². The number of aliphatic hydroxyl groups is 1. The minimum atomic E-state index is -0.475. The third kappa shape index (κ3) is 2.07. The molecule has 0 aromatic carbocycles. The van der Waals surface area contributed by atoms with E-state index in [-0.39, 0.29) is 5.41 Å². The molecule has 1 heterocycles. The molecule has 2 heteroatoms. The first-order valence-corrected chi connectivity index (χ1v) is 6.30. The van der Waals surface area contributed by atoms with Crippen LogP contribution in [0.2, 0.25) is 0 Å². The maximum absolute atomic E-state index is 10.9. The van der Waals surface area contributed by atoms with Crippen molar-refractivity contribution in [3.63, 3.8) is 0 Å². The Balaban J connectivity index is 2.04. The summed E-state index contributed by atoms with van der Waals surface area (Å²) in [5.74, 6) is 0.431. The average Bonchev–Trinajstić information content (AvgIpc) is 2.94. The van der Waals surface area contributed by atoms with E-state index in [4.69, 9.17) is 4.74 Å². The van der Waals surface area contributed by atoms with Crippen LogP contribution in [0.3, 0.4) is 0 Å². The van der Waals surface area contributed by atoms with Gasteiger partial charge in [-0.3, -0.25) is 0 Å². The van der Waals surface area contributed by atoms with Crippen molar-refractivity contribution in [2.24, 2.45) is 11.3 Å². The van der Waals surface area contributed by atoms with Crippen LogP contribution in [-0.4, -0.2) is 23.4 Å². The molecule has 1 aliphatic carbocycles. The molecule has 1 N–H and O–H groups in total.